The third kappa shape index (κ3) is 2.76. The number of rotatable bonds is 4. The standard InChI is InChI=1S/C11H16N2O3S/c1-7-9(10(12-2)17-13-7)11(14)16-6-8-4-3-5-15-8/h8,12H,3-6H2,1-2H3/t8-/m0/s1. The fourth-order valence-corrected chi connectivity index (χ4v) is 2.53. The largest absolute Gasteiger partial charge is 0.459 e. The zero-order valence-electron chi connectivity index (χ0n) is 9.99. The van der Waals surface area contributed by atoms with E-state index in [-0.39, 0.29) is 12.1 Å². The second kappa shape index (κ2) is 5.46. The molecular weight excluding hydrogens is 240 g/mol. The minimum atomic E-state index is -0.323. The van der Waals surface area contributed by atoms with Gasteiger partial charge in [0.25, 0.3) is 0 Å². The van der Waals surface area contributed by atoms with Gasteiger partial charge < -0.3 is 14.8 Å². The topological polar surface area (TPSA) is 60.5 Å². The Morgan fingerprint density at radius 3 is 3.18 bits per heavy atom. The van der Waals surface area contributed by atoms with E-state index in [9.17, 15) is 4.79 Å². The fourth-order valence-electron chi connectivity index (χ4n) is 1.80. The lowest BCUT2D eigenvalue weighted by Gasteiger charge is -2.10. The fraction of sp³-hybridized carbons (Fsp3) is 0.636. The van der Waals surface area contributed by atoms with E-state index in [0.717, 1.165) is 24.4 Å². The highest BCUT2D eigenvalue weighted by molar-refractivity contribution is 7.10. The SMILES string of the molecule is CNc1snc(C)c1C(=O)OC[C@@H]1CCCO1. The van der Waals surface area contributed by atoms with Gasteiger partial charge >= 0.3 is 5.97 Å². The molecule has 2 heterocycles. The lowest BCUT2D eigenvalue weighted by molar-refractivity contribution is 0.0161. The lowest BCUT2D eigenvalue weighted by Crippen LogP contribution is -2.18. The minimum Gasteiger partial charge on any atom is -0.459 e. The van der Waals surface area contributed by atoms with E-state index >= 15 is 0 Å². The Balaban J connectivity index is 1.96. The van der Waals surface area contributed by atoms with Crippen LogP contribution in [0, 0.1) is 6.92 Å². The maximum Gasteiger partial charge on any atom is 0.343 e. The Hall–Kier alpha value is -1.14. The monoisotopic (exact) mass is 256 g/mol. The molecule has 1 aliphatic heterocycles. The van der Waals surface area contributed by atoms with Crippen LogP contribution < -0.4 is 5.32 Å². The van der Waals surface area contributed by atoms with Crippen LogP contribution in [0.15, 0.2) is 0 Å². The van der Waals surface area contributed by atoms with E-state index in [1.807, 2.05) is 0 Å². The molecule has 0 spiro atoms. The van der Waals surface area contributed by atoms with Gasteiger partial charge in [-0.05, 0) is 31.3 Å². The molecule has 5 nitrogen and oxygen atoms in total. The highest BCUT2D eigenvalue weighted by atomic mass is 32.1. The average molecular weight is 256 g/mol. The van der Waals surface area contributed by atoms with Crippen molar-refractivity contribution in [3.05, 3.63) is 11.3 Å². The molecule has 17 heavy (non-hydrogen) atoms. The van der Waals surface area contributed by atoms with Gasteiger partial charge in [-0.3, -0.25) is 0 Å². The Kier molecular flexibility index (Phi) is 3.96. The third-order valence-corrected chi connectivity index (χ3v) is 3.67. The molecule has 0 aromatic carbocycles. The van der Waals surface area contributed by atoms with Gasteiger partial charge in [0.1, 0.15) is 17.2 Å². The van der Waals surface area contributed by atoms with Crippen LogP contribution in [0.25, 0.3) is 0 Å². The second-order valence-electron chi connectivity index (χ2n) is 3.96. The summed E-state index contributed by atoms with van der Waals surface area (Å²) in [4.78, 5) is 11.9. The number of carbonyl (C=O) groups is 1. The number of nitrogens with zero attached hydrogens (tertiary/aromatic N) is 1. The number of aryl methyl sites for hydroxylation is 1. The summed E-state index contributed by atoms with van der Waals surface area (Å²) in [5, 5.41) is 3.70. The van der Waals surface area contributed by atoms with Crippen molar-refractivity contribution in [3.8, 4) is 0 Å². The maximum absolute atomic E-state index is 11.9. The van der Waals surface area contributed by atoms with Gasteiger partial charge in [0.05, 0.1) is 11.8 Å². The molecule has 1 aliphatic rings. The maximum atomic E-state index is 11.9. The number of nitrogens with one attached hydrogen (secondary N) is 1. The van der Waals surface area contributed by atoms with Crippen LogP contribution >= 0.6 is 11.5 Å². The molecule has 94 valence electrons. The highest BCUT2D eigenvalue weighted by Gasteiger charge is 2.22. The summed E-state index contributed by atoms with van der Waals surface area (Å²) in [5.41, 5.74) is 1.24. The Morgan fingerprint density at radius 1 is 1.71 bits per heavy atom. The van der Waals surface area contributed by atoms with E-state index < -0.39 is 0 Å². The van der Waals surface area contributed by atoms with Crippen LogP contribution in [0.3, 0.4) is 0 Å². The van der Waals surface area contributed by atoms with Crippen LogP contribution in [-0.4, -0.2) is 36.7 Å². The summed E-state index contributed by atoms with van der Waals surface area (Å²) in [6.07, 6.45) is 2.07. The first-order valence-corrected chi connectivity index (χ1v) is 6.42. The number of anilines is 1. The van der Waals surface area contributed by atoms with Crippen molar-refractivity contribution in [2.24, 2.45) is 0 Å². The molecule has 2 rings (SSSR count). The van der Waals surface area contributed by atoms with Gasteiger partial charge in [0.2, 0.25) is 0 Å². The summed E-state index contributed by atoms with van der Waals surface area (Å²) in [6.45, 7) is 2.90. The second-order valence-corrected chi connectivity index (χ2v) is 4.73. The summed E-state index contributed by atoms with van der Waals surface area (Å²) in [6, 6.07) is 0. The van der Waals surface area contributed by atoms with E-state index in [0.29, 0.717) is 17.9 Å². The summed E-state index contributed by atoms with van der Waals surface area (Å²) in [7, 11) is 1.77. The van der Waals surface area contributed by atoms with E-state index in [1.165, 1.54) is 11.5 Å². The molecule has 0 aliphatic carbocycles. The Bertz CT molecular complexity index is 399. The minimum absolute atomic E-state index is 0.0592. The molecule has 1 atom stereocenters. The number of esters is 1. The van der Waals surface area contributed by atoms with Crippen LogP contribution in [0.4, 0.5) is 5.00 Å². The number of ether oxygens (including phenoxy) is 2. The van der Waals surface area contributed by atoms with E-state index in [1.54, 1.807) is 14.0 Å². The van der Waals surface area contributed by atoms with Crippen molar-refractivity contribution in [2.75, 3.05) is 25.6 Å². The van der Waals surface area contributed by atoms with Crippen molar-refractivity contribution in [2.45, 2.75) is 25.9 Å². The molecule has 1 N–H and O–H groups in total. The molecule has 1 aromatic heterocycles. The predicted octanol–water partition coefficient (Wildman–Crippen LogP) is 1.83. The molecule has 1 aromatic rings. The van der Waals surface area contributed by atoms with Crippen molar-refractivity contribution in [3.63, 3.8) is 0 Å². The van der Waals surface area contributed by atoms with Crippen LogP contribution in [0.1, 0.15) is 28.9 Å². The number of carbonyl (C=O) groups excluding carboxylic acids is 1. The van der Waals surface area contributed by atoms with Gasteiger partial charge in [-0.2, -0.15) is 4.37 Å². The first-order valence-electron chi connectivity index (χ1n) is 5.65. The molecule has 0 radical (unpaired) electrons. The normalized spacial score (nSPS) is 19.3. The van der Waals surface area contributed by atoms with Crippen molar-refractivity contribution in [1.82, 2.24) is 4.37 Å². The van der Waals surface area contributed by atoms with Crippen molar-refractivity contribution >= 4 is 22.5 Å². The van der Waals surface area contributed by atoms with Gasteiger partial charge in [-0.15, -0.1) is 0 Å². The van der Waals surface area contributed by atoms with Crippen molar-refractivity contribution < 1.29 is 14.3 Å². The van der Waals surface area contributed by atoms with E-state index in [4.69, 9.17) is 9.47 Å². The predicted molar refractivity (Wildman–Crippen MR) is 65.7 cm³/mol. The van der Waals surface area contributed by atoms with Gasteiger partial charge in [-0.1, -0.05) is 0 Å². The number of aromatic nitrogens is 1. The first-order chi connectivity index (χ1) is 8.22. The lowest BCUT2D eigenvalue weighted by atomic mass is 10.2. The molecule has 0 unspecified atom stereocenters. The molecule has 0 amide bonds. The molecule has 1 fully saturated rings. The van der Waals surface area contributed by atoms with Crippen LogP contribution in [0.2, 0.25) is 0 Å². The molecule has 0 saturated carbocycles. The van der Waals surface area contributed by atoms with Gasteiger partial charge in [0.15, 0.2) is 0 Å². The summed E-state index contributed by atoms with van der Waals surface area (Å²) < 4.78 is 14.8. The molecule has 0 bridgehead atoms. The molecular formula is C11H16N2O3S. The zero-order chi connectivity index (χ0) is 12.3. The zero-order valence-corrected chi connectivity index (χ0v) is 10.8. The molecule has 1 saturated heterocycles. The van der Waals surface area contributed by atoms with Crippen LogP contribution in [0.5, 0.6) is 0 Å². The van der Waals surface area contributed by atoms with Gasteiger partial charge in [-0.25, -0.2) is 4.79 Å². The first kappa shape index (κ1) is 12.3. The highest BCUT2D eigenvalue weighted by Crippen LogP contribution is 2.25. The van der Waals surface area contributed by atoms with Crippen LogP contribution in [-0.2, 0) is 9.47 Å². The quantitative estimate of drug-likeness (QED) is 0.833. The number of hydrogen-bond donors (Lipinski definition) is 1. The average Bonchev–Trinajstić information content (AvgIpc) is 2.94. The summed E-state index contributed by atoms with van der Waals surface area (Å²) in [5.74, 6) is -0.323. The number of hydrogen-bond acceptors (Lipinski definition) is 6. The third-order valence-electron chi connectivity index (χ3n) is 2.72. The smallest absolute Gasteiger partial charge is 0.343 e. The Labute approximate surface area is 104 Å². The summed E-state index contributed by atoms with van der Waals surface area (Å²) >= 11 is 1.27. The van der Waals surface area contributed by atoms with Crippen molar-refractivity contribution in [1.29, 1.82) is 0 Å². The van der Waals surface area contributed by atoms with Gasteiger partial charge in [0, 0.05) is 13.7 Å². The molecule has 6 heteroatoms. The Morgan fingerprint density at radius 2 is 2.53 bits per heavy atom. The van der Waals surface area contributed by atoms with E-state index in [2.05, 4.69) is 9.69 Å².